The maximum atomic E-state index is 10.7. The summed E-state index contributed by atoms with van der Waals surface area (Å²) in [7, 11) is 0. The van der Waals surface area contributed by atoms with Crippen molar-refractivity contribution in [1.82, 2.24) is 0 Å². The van der Waals surface area contributed by atoms with Crippen molar-refractivity contribution in [2.45, 2.75) is 4.90 Å². The van der Waals surface area contributed by atoms with Crippen LogP contribution in [0.5, 0.6) is 0 Å². The van der Waals surface area contributed by atoms with Crippen molar-refractivity contribution in [2.24, 2.45) is 5.10 Å². The minimum absolute atomic E-state index is 0.120. The molecule has 0 amide bonds. The number of benzene rings is 2. The normalized spacial score (nSPS) is 10.7. The lowest BCUT2D eigenvalue weighted by Gasteiger charge is -2.05. The van der Waals surface area contributed by atoms with Gasteiger partial charge in [-0.25, -0.2) is 0 Å². The van der Waals surface area contributed by atoms with E-state index in [1.54, 1.807) is 30.1 Å². The molecule has 20 heavy (non-hydrogen) atoms. The van der Waals surface area contributed by atoms with E-state index in [1.165, 1.54) is 17.0 Å². The Kier molecular flexibility index (Phi) is 4.79. The Morgan fingerprint density at radius 2 is 2.00 bits per heavy atom. The van der Waals surface area contributed by atoms with Gasteiger partial charge in [0, 0.05) is 4.90 Å². The van der Waals surface area contributed by atoms with Crippen LogP contribution in [0.25, 0.3) is 0 Å². The highest BCUT2D eigenvalue weighted by molar-refractivity contribution is 7.98. The van der Waals surface area contributed by atoms with Gasteiger partial charge in [-0.05, 0) is 41.6 Å². The van der Waals surface area contributed by atoms with Crippen molar-refractivity contribution >= 4 is 29.6 Å². The molecule has 0 aliphatic carbocycles. The molecule has 0 unspecified atom stereocenters. The Bertz CT molecular complexity index is 624. The molecular weight excluding hydrogens is 272 g/mol. The van der Waals surface area contributed by atoms with Crippen LogP contribution in [-0.2, 0) is 0 Å². The SMILES string of the molecule is CSc1ccc(/C=N\Nc2cccc(C(=O)[O-])c2)cc1. The number of anilines is 1. The van der Waals surface area contributed by atoms with Crippen molar-refractivity contribution in [3.05, 3.63) is 59.7 Å². The first-order valence-electron chi connectivity index (χ1n) is 5.93. The van der Waals surface area contributed by atoms with Crippen LogP contribution in [0.4, 0.5) is 5.69 Å². The minimum atomic E-state index is -1.20. The van der Waals surface area contributed by atoms with Crippen LogP contribution in [0.15, 0.2) is 58.5 Å². The first-order chi connectivity index (χ1) is 9.69. The van der Waals surface area contributed by atoms with E-state index in [0.717, 1.165) is 5.56 Å². The highest BCUT2D eigenvalue weighted by atomic mass is 32.2. The van der Waals surface area contributed by atoms with Gasteiger partial charge >= 0.3 is 0 Å². The molecule has 0 saturated heterocycles. The number of carboxylic acids is 1. The fourth-order valence-corrected chi connectivity index (χ4v) is 2.00. The maximum Gasteiger partial charge on any atom is 0.0716 e. The second-order valence-electron chi connectivity index (χ2n) is 4.01. The molecule has 0 heterocycles. The van der Waals surface area contributed by atoms with Gasteiger partial charge in [0.15, 0.2) is 0 Å². The standard InChI is InChI=1S/C15H14N2O2S/c1-20-14-7-5-11(6-8-14)10-16-17-13-4-2-3-12(9-13)15(18)19/h2-10,17H,1H3,(H,18,19)/p-1/b16-10-. The Balaban J connectivity index is 2.02. The summed E-state index contributed by atoms with van der Waals surface area (Å²) in [5.74, 6) is -1.20. The summed E-state index contributed by atoms with van der Waals surface area (Å²) in [6.45, 7) is 0. The van der Waals surface area contributed by atoms with Crippen LogP contribution in [-0.4, -0.2) is 18.4 Å². The Morgan fingerprint density at radius 3 is 2.65 bits per heavy atom. The molecule has 0 aliphatic rings. The summed E-state index contributed by atoms with van der Waals surface area (Å²) in [4.78, 5) is 11.9. The second-order valence-corrected chi connectivity index (χ2v) is 4.89. The summed E-state index contributed by atoms with van der Waals surface area (Å²) < 4.78 is 0. The summed E-state index contributed by atoms with van der Waals surface area (Å²) in [6, 6.07) is 14.3. The third-order valence-electron chi connectivity index (χ3n) is 2.62. The first kappa shape index (κ1) is 14.1. The average molecular weight is 285 g/mol. The van der Waals surface area contributed by atoms with E-state index in [-0.39, 0.29) is 5.56 Å². The van der Waals surface area contributed by atoms with Crippen LogP contribution in [0.2, 0.25) is 0 Å². The number of hydrogen-bond donors (Lipinski definition) is 1. The molecule has 0 aliphatic heterocycles. The topological polar surface area (TPSA) is 64.5 Å². The Labute approximate surface area is 121 Å². The number of thioether (sulfide) groups is 1. The van der Waals surface area contributed by atoms with Gasteiger partial charge in [-0.2, -0.15) is 5.10 Å². The molecule has 1 N–H and O–H groups in total. The van der Waals surface area contributed by atoms with Crippen LogP contribution in [0, 0.1) is 0 Å². The van der Waals surface area contributed by atoms with Gasteiger partial charge in [-0.3, -0.25) is 5.43 Å². The molecule has 0 radical (unpaired) electrons. The number of carbonyl (C=O) groups is 1. The predicted octanol–water partition coefficient (Wildman–Crippen LogP) is 2.22. The molecule has 2 aromatic rings. The van der Waals surface area contributed by atoms with Crippen molar-refractivity contribution in [3.8, 4) is 0 Å². The average Bonchev–Trinajstić information content (AvgIpc) is 2.48. The first-order valence-corrected chi connectivity index (χ1v) is 7.16. The fraction of sp³-hybridized carbons (Fsp3) is 0.0667. The van der Waals surface area contributed by atoms with E-state index in [0.29, 0.717) is 5.69 Å². The molecule has 102 valence electrons. The Hall–Kier alpha value is -2.27. The molecule has 0 bridgehead atoms. The van der Waals surface area contributed by atoms with Crippen LogP contribution < -0.4 is 10.5 Å². The van der Waals surface area contributed by atoms with E-state index >= 15 is 0 Å². The third kappa shape index (κ3) is 3.86. The number of nitrogens with zero attached hydrogens (tertiary/aromatic N) is 1. The number of carbonyl (C=O) groups excluding carboxylic acids is 1. The van der Waals surface area contributed by atoms with Gasteiger partial charge < -0.3 is 9.90 Å². The van der Waals surface area contributed by atoms with Gasteiger partial charge in [0.25, 0.3) is 0 Å². The van der Waals surface area contributed by atoms with E-state index < -0.39 is 5.97 Å². The fourth-order valence-electron chi connectivity index (χ4n) is 1.59. The van der Waals surface area contributed by atoms with Gasteiger partial charge in [0.1, 0.15) is 0 Å². The molecule has 2 aromatic carbocycles. The highest BCUT2D eigenvalue weighted by Crippen LogP contribution is 2.14. The number of rotatable bonds is 5. The minimum Gasteiger partial charge on any atom is -0.545 e. The van der Waals surface area contributed by atoms with Gasteiger partial charge in [-0.1, -0.05) is 24.3 Å². The molecule has 4 nitrogen and oxygen atoms in total. The van der Waals surface area contributed by atoms with Crippen LogP contribution in [0.3, 0.4) is 0 Å². The zero-order valence-corrected chi connectivity index (χ0v) is 11.7. The van der Waals surface area contributed by atoms with Crippen molar-refractivity contribution in [1.29, 1.82) is 0 Å². The molecule has 0 saturated carbocycles. The molecule has 2 rings (SSSR count). The smallest absolute Gasteiger partial charge is 0.0716 e. The van der Waals surface area contributed by atoms with Crippen molar-refractivity contribution in [2.75, 3.05) is 11.7 Å². The largest absolute Gasteiger partial charge is 0.545 e. The second kappa shape index (κ2) is 6.77. The molecule has 0 aromatic heterocycles. The summed E-state index contributed by atoms with van der Waals surface area (Å²) in [5.41, 5.74) is 4.47. The van der Waals surface area contributed by atoms with Gasteiger partial charge in [0.05, 0.1) is 17.9 Å². The summed E-state index contributed by atoms with van der Waals surface area (Å²) in [6.07, 6.45) is 3.70. The highest BCUT2D eigenvalue weighted by Gasteiger charge is 1.95. The number of hydrazone groups is 1. The third-order valence-corrected chi connectivity index (χ3v) is 3.36. The lowest BCUT2D eigenvalue weighted by atomic mass is 10.2. The van der Waals surface area contributed by atoms with Gasteiger partial charge in [-0.15, -0.1) is 11.8 Å². The summed E-state index contributed by atoms with van der Waals surface area (Å²) in [5, 5.41) is 14.8. The lowest BCUT2D eigenvalue weighted by Crippen LogP contribution is -2.22. The van der Waals surface area contributed by atoms with E-state index in [9.17, 15) is 9.90 Å². The van der Waals surface area contributed by atoms with E-state index in [4.69, 9.17) is 0 Å². The number of aromatic carboxylic acids is 1. The monoisotopic (exact) mass is 285 g/mol. The van der Waals surface area contributed by atoms with Crippen LogP contribution in [0.1, 0.15) is 15.9 Å². The lowest BCUT2D eigenvalue weighted by molar-refractivity contribution is -0.255. The zero-order valence-electron chi connectivity index (χ0n) is 10.9. The number of carboxylic acid groups (broad SMARTS) is 1. The quantitative estimate of drug-likeness (QED) is 0.520. The van der Waals surface area contributed by atoms with Crippen molar-refractivity contribution in [3.63, 3.8) is 0 Å². The molecule has 0 spiro atoms. The molecule has 5 heteroatoms. The summed E-state index contributed by atoms with van der Waals surface area (Å²) >= 11 is 1.68. The maximum absolute atomic E-state index is 10.7. The molecule has 0 fully saturated rings. The van der Waals surface area contributed by atoms with Crippen LogP contribution >= 0.6 is 11.8 Å². The van der Waals surface area contributed by atoms with E-state index in [1.807, 2.05) is 30.5 Å². The van der Waals surface area contributed by atoms with Gasteiger partial charge in [0.2, 0.25) is 0 Å². The number of hydrogen-bond acceptors (Lipinski definition) is 5. The molecule has 0 atom stereocenters. The van der Waals surface area contributed by atoms with Crippen molar-refractivity contribution < 1.29 is 9.90 Å². The zero-order chi connectivity index (χ0) is 14.4. The van der Waals surface area contributed by atoms with E-state index in [2.05, 4.69) is 10.5 Å². The molecular formula is C15H13N2O2S-. The Morgan fingerprint density at radius 1 is 1.25 bits per heavy atom. The number of nitrogens with one attached hydrogen (secondary N) is 1. The predicted molar refractivity (Wildman–Crippen MR) is 80.2 cm³/mol.